The van der Waals surface area contributed by atoms with Crippen molar-refractivity contribution in [1.29, 1.82) is 0 Å². The first-order valence-corrected chi connectivity index (χ1v) is 6.20. The van der Waals surface area contributed by atoms with Gasteiger partial charge in [0.2, 0.25) is 0 Å². The van der Waals surface area contributed by atoms with Crippen molar-refractivity contribution >= 4 is 17.7 Å². The molecule has 0 atom stereocenters. The van der Waals surface area contributed by atoms with Crippen LogP contribution in [0, 0.1) is 0 Å². The molecule has 0 N–H and O–H groups in total. The number of rotatable bonds is 5. The zero-order valence-electron chi connectivity index (χ0n) is 9.87. The molecular weight excluding hydrogens is 258 g/mol. The van der Waals surface area contributed by atoms with Crippen LogP contribution in [0.1, 0.15) is 12.7 Å². The van der Waals surface area contributed by atoms with Crippen LogP contribution in [0.4, 0.5) is 0 Å². The van der Waals surface area contributed by atoms with Crippen molar-refractivity contribution in [2.24, 2.45) is 0 Å². The van der Waals surface area contributed by atoms with Crippen LogP contribution in [0.2, 0.25) is 0 Å². The predicted molar refractivity (Wildman–Crippen MR) is 61.9 cm³/mol. The number of carbonyl (C=O) groups excluding carboxylic acids is 1. The molecule has 7 nitrogen and oxygen atoms in total. The molecule has 0 spiro atoms. The molecule has 0 aliphatic heterocycles. The lowest BCUT2D eigenvalue weighted by Crippen LogP contribution is -2.02. The average molecular weight is 269 g/mol. The standard InChI is InChI=1S/C10H11N3O4S/c1-3-6-4-7(13-17-6)9-11-12-10(16-9)18-5-8(14)15-2/h4H,3,5H2,1-2H3. The second-order valence-electron chi connectivity index (χ2n) is 3.27. The van der Waals surface area contributed by atoms with Crippen molar-refractivity contribution in [3.05, 3.63) is 11.8 Å². The summed E-state index contributed by atoms with van der Waals surface area (Å²) in [7, 11) is 1.32. The van der Waals surface area contributed by atoms with Crippen molar-refractivity contribution in [2.75, 3.05) is 12.9 Å². The number of hydrogen-bond donors (Lipinski definition) is 0. The van der Waals surface area contributed by atoms with Crippen molar-refractivity contribution in [2.45, 2.75) is 18.6 Å². The van der Waals surface area contributed by atoms with Crippen LogP contribution in [-0.4, -0.2) is 34.2 Å². The van der Waals surface area contributed by atoms with Crippen LogP contribution in [0.25, 0.3) is 11.6 Å². The lowest BCUT2D eigenvalue weighted by atomic mass is 10.3. The quantitative estimate of drug-likeness (QED) is 0.596. The Balaban J connectivity index is 2.03. The van der Waals surface area contributed by atoms with E-state index in [-0.39, 0.29) is 22.8 Å². The second kappa shape index (κ2) is 5.67. The van der Waals surface area contributed by atoms with Crippen molar-refractivity contribution < 1.29 is 18.5 Å². The summed E-state index contributed by atoms with van der Waals surface area (Å²) in [4.78, 5) is 10.9. The SMILES string of the molecule is CCc1cc(-c2nnc(SCC(=O)OC)o2)no1. The summed E-state index contributed by atoms with van der Waals surface area (Å²) in [6.45, 7) is 1.95. The molecule has 2 rings (SSSR count). The zero-order valence-corrected chi connectivity index (χ0v) is 10.7. The van der Waals surface area contributed by atoms with Gasteiger partial charge < -0.3 is 13.7 Å². The normalized spacial score (nSPS) is 10.6. The Labute approximate surface area is 107 Å². The third-order valence-corrected chi connectivity index (χ3v) is 2.87. The lowest BCUT2D eigenvalue weighted by molar-refractivity contribution is -0.137. The lowest BCUT2D eigenvalue weighted by Gasteiger charge is -1.93. The molecule has 0 amide bonds. The Hall–Kier alpha value is -1.83. The Kier molecular flexibility index (Phi) is 3.98. The van der Waals surface area contributed by atoms with E-state index in [0.29, 0.717) is 5.69 Å². The van der Waals surface area contributed by atoms with Gasteiger partial charge in [0.05, 0.1) is 7.11 Å². The highest BCUT2D eigenvalue weighted by Crippen LogP contribution is 2.23. The highest BCUT2D eigenvalue weighted by Gasteiger charge is 2.14. The first kappa shape index (κ1) is 12.6. The van der Waals surface area contributed by atoms with Crippen molar-refractivity contribution in [1.82, 2.24) is 15.4 Å². The monoisotopic (exact) mass is 269 g/mol. The first-order chi connectivity index (χ1) is 8.72. The number of carbonyl (C=O) groups is 1. The molecule has 0 radical (unpaired) electrons. The van der Waals surface area contributed by atoms with Gasteiger partial charge in [0.15, 0.2) is 5.69 Å². The van der Waals surface area contributed by atoms with Gasteiger partial charge in [-0.25, -0.2) is 0 Å². The molecule has 0 aliphatic carbocycles. The maximum absolute atomic E-state index is 10.9. The molecule has 2 aromatic heterocycles. The van der Waals surface area contributed by atoms with Crippen LogP contribution in [0.3, 0.4) is 0 Å². The molecule has 96 valence electrons. The summed E-state index contributed by atoms with van der Waals surface area (Å²) in [6.07, 6.45) is 0.741. The molecule has 0 saturated heterocycles. The van der Waals surface area contributed by atoms with Crippen LogP contribution >= 0.6 is 11.8 Å². The number of hydrogen-bond acceptors (Lipinski definition) is 8. The van der Waals surface area contributed by atoms with Gasteiger partial charge in [-0.15, -0.1) is 10.2 Å². The highest BCUT2D eigenvalue weighted by atomic mass is 32.2. The zero-order chi connectivity index (χ0) is 13.0. The summed E-state index contributed by atoms with van der Waals surface area (Å²) in [5, 5.41) is 11.7. The molecule has 0 fully saturated rings. The first-order valence-electron chi connectivity index (χ1n) is 5.22. The molecule has 2 heterocycles. The number of aryl methyl sites for hydroxylation is 1. The molecular formula is C10H11N3O4S. The topological polar surface area (TPSA) is 91.2 Å². The number of nitrogens with zero attached hydrogens (tertiary/aromatic N) is 3. The van der Waals surface area contributed by atoms with Crippen LogP contribution in [0.15, 0.2) is 20.2 Å². The largest absolute Gasteiger partial charge is 0.468 e. The van der Waals surface area contributed by atoms with Gasteiger partial charge in [-0.1, -0.05) is 23.8 Å². The highest BCUT2D eigenvalue weighted by molar-refractivity contribution is 7.99. The maximum atomic E-state index is 10.9. The molecule has 8 heteroatoms. The smallest absolute Gasteiger partial charge is 0.316 e. The Morgan fingerprint density at radius 1 is 1.50 bits per heavy atom. The molecule has 0 bridgehead atoms. The number of esters is 1. The predicted octanol–water partition coefficient (Wildman–Crippen LogP) is 1.55. The van der Waals surface area contributed by atoms with E-state index >= 15 is 0 Å². The van der Waals surface area contributed by atoms with Gasteiger partial charge in [-0.3, -0.25) is 4.79 Å². The molecule has 0 aliphatic rings. The number of methoxy groups -OCH3 is 1. The summed E-state index contributed by atoms with van der Waals surface area (Å²) in [5.41, 5.74) is 0.490. The third-order valence-electron chi connectivity index (χ3n) is 2.07. The summed E-state index contributed by atoms with van der Waals surface area (Å²) >= 11 is 1.11. The van der Waals surface area contributed by atoms with Crippen LogP contribution in [0.5, 0.6) is 0 Å². The van der Waals surface area contributed by atoms with E-state index in [1.807, 2.05) is 6.92 Å². The van der Waals surface area contributed by atoms with Crippen LogP contribution in [-0.2, 0) is 16.0 Å². The van der Waals surface area contributed by atoms with Crippen LogP contribution < -0.4 is 0 Å². The van der Waals surface area contributed by atoms with Gasteiger partial charge >= 0.3 is 5.97 Å². The minimum atomic E-state index is -0.352. The van der Waals surface area contributed by atoms with E-state index in [1.54, 1.807) is 6.07 Å². The van der Waals surface area contributed by atoms with Gasteiger partial charge in [0.1, 0.15) is 11.5 Å². The Morgan fingerprint density at radius 3 is 3.00 bits per heavy atom. The third kappa shape index (κ3) is 2.89. The van der Waals surface area contributed by atoms with E-state index in [1.165, 1.54) is 7.11 Å². The molecule has 0 aromatic carbocycles. The Morgan fingerprint density at radius 2 is 2.33 bits per heavy atom. The summed E-state index contributed by atoms with van der Waals surface area (Å²) < 4.78 is 14.9. The number of aromatic nitrogens is 3. The number of thioether (sulfide) groups is 1. The molecule has 0 unspecified atom stereocenters. The summed E-state index contributed by atoms with van der Waals surface area (Å²) in [5.74, 6) is 0.782. The second-order valence-corrected chi connectivity index (χ2v) is 4.20. The average Bonchev–Trinajstić information content (AvgIpc) is 3.03. The fraction of sp³-hybridized carbons (Fsp3) is 0.400. The van der Waals surface area contributed by atoms with E-state index in [4.69, 9.17) is 8.94 Å². The van der Waals surface area contributed by atoms with E-state index in [0.717, 1.165) is 23.9 Å². The minimum absolute atomic E-state index is 0.122. The number of ether oxygens (including phenoxy) is 1. The van der Waals surface area contributed by atoms with Crippen molar-refractivity contribution in [3.8, 4) is 11.6 Å². The fourth-order valence-corrected chi connectivity index (χ4v) is 1.73. The van der Waals surface area contributed by atoms with Gasteiger partial charge in [-0.05, 0) is 0 Å². The van der Waals surface area contributed by atoms with Gasteiger partial charge in [-0.2, -0.15) is 0 Å². The maximum Gasteiger partial charge on any atom is 0.316 e. The van der Waals surface area contributed by atoms with E-state index in [2.05, 4.69) is 20.1 Å². The fourth-order valence-electron chi connectivity index (χ4n) is 1.13. The molecule has 2 aromatic rings. The van der Waals surface area contributed by atoms with E-state index in [9.17, 15) is 4.79 Å². The van der Waals surface area contributed by atoms with Crippen molar-refractivity contribution in [3.63, 3.8) is 0 Å². The van der Waals surface area contributed by atoms with Gasteiger partial charge in [0, 0.05) is 12.5 Å². The summed E-state index contributed by atoms with van der Waals surface area (Å²) in [6, 6.07) is 1.74. The van der Waals surface area contributed by atoms with Gasteiger partial charge in [0.25, 0.3) is 11.1 Å². The Bertz CT molecular complexity index is 537. The minimum Gasteiger partial charge on any atom is -0.468 e. The molecule has 18 heavy (non-hydrogen) atoms. The van der Waals surface area contributed by atoms with E-state index < -0.39 is 0 Å². The molecule has 0 saturated carbocycles.